The van der Waals surface area contributed by atoms with Crippen LogP contribution in [0.15, 0.2) is 15.0 Å². The molecule has 0 saturated carbocycles. The minimum Gasteiger partial charge on any atom is -0.384 e. The van der Waals surface area contributed by atoms with Gasteiger partial charge in [-0.3, -0.25) is 19.1 Å². The van der Waals surface area contributed by atoms with Crippen LogP contribution in [0.2, 0.25) is 0 Å². The molecular weight excluding hydrogens is 346 g/mol. The van der Waals surface area contributed by atoms with Crippen molar-refractivity contribution in [1.29, 1.82) is 0 Å². The van der Waals surface area contributed by atoms with Gasteiger partial charge in [0.15, 0.2) is 0 Å². The molecule has 0 unspecified atom stereocenters. The first kappa shape index (κ1) is 17.4. The number of nitrogens with one attached hydrogen (secondary N) is 1. The Bertz CT molecular complexity index is 894. The molecule has 9 nitrogen and oxygen atoms in total. The zero-order chi connectivity index (χ0) is 18.0. The smallest absolute Gasteiger partial charge is 0.329 e. The van der Waals surface area contributed by atoms with E-state index in [0.717, 1.165) is 0 Å². The molecule has 10 heteroatoms. The van der Waals surface area contributed by atoms with Gasteiger partial charge in [-0.1, -0.05) is 0 Å². The SMILES string of the molecule is CCn1c(N)c(-c2csc(CC(=O)N3CCOCC3)n2)c(=O)[nH]c1=O. The first-order chi connectivity index (χ1) is 12.0. The number of nitrogens with zero attached hydrogens (tertiary/aromatic N) is 3. The molecule has 0 aromatic carbocycles. The van der Waals surface area contributed by atoms with Crippen molar-refractivity contribution in [3.63, 3.8) is 0 Å². The Morgan fingerprint density at radius 1 is 1.40 bits per heavy atom. The molecule has 0 aliphatic carbocycles. The van der Waals surface area contributed by atoms with Crippen molar-refractivity contribution in [3.05, 3.63) is 31.2 Å². The Morgan fingerprint density at radius 2 is 2.12 bits per heavy atom. The molecule has 3 N–H and O–H groups in total. The Hall–Kier alpha value is -2.46. The Kier molecular flexibility index (Phi) is 5.00. The number of amides is 1. The summed E-state index contributed by atoms with van der Waals surface area (Å²) in [5.41, 5.74) is 5.37. The number of aromatic amines is 1. The summed E-state index contributed by atoms with van der Waals surface area (Å²) in [5, 5.41) is 2.27. The number of anilines is 1. The number of nitrogens with two attached hydrogens (primary N) is 1. The topological polar surface area (TPSA) is 123 Å². The summed E-state index contributed by atoms with van der Waals surface area (Å²) in [7, 11) is 0. The van der Waals surface area contributed by atoms with E-state index in [1.54, 1.807) is 17.2 Å². The van der Waals surface area contributed by atoms with Crippen LogP contribution in [0.25, 0.3) is 11.3 Å². The lowest BCUT2D eigenvalue weighted by Crippen LogP contribution is -2.41. The number of rotatable bonds is 4. The zero-order valence-electron chi connectivity index (χ0n) is 13.8. The van der Waals surface area contributed by atoms with Crippen molar-refractivity contribution >= 4 is 23.1 Å². The lowest BCUT2D eigenvalue weighted by Gasteiger charge is -2.26. The van der Waals surface area contributed by atoms with Gasteiger partial charge < -0.3 is 15.4 Å². The first-order valence-corrected chi connectivity index (χ1v) is 8.82. The van der Waals surface area contributed by atoms with Crippen LogP contribution in [0.4, 0.5) is 5.82 Å². The van der Waals surface area contributed by atoms with Crippen LogP contribution in [-0.4, -0.2) is 51.6 Å². The van der Waals surface area contributed by atoms with Gasteiger partial charge in [0.1, 0.15) is 16.4 Å². The van der Waals surface area contributed by atoms with E-state index in [1.165, 1.54) is 15.9 Å². The molecule has 134 valence electrons. The van der Waals surface area contributed by atoms with E-state index in [4.69, 9.17) is 10.5 Å². The Morgan fingerprint density at radius 3 is 2.80 bits per heavy atom. The van der Waals surface area contributed by atoms with Gasteiger partial charge in [-0.05, 0) is 6.92 Å². The fourth-order valence-electron chi connectivity index (χ4n) is 2.71. The second-order valence-corrected chi connectivity index (χ2v) is 6.50. The molecule has 0 atom stereocenters. The molecule has 2 aromatic heterocycles. The third-order valence-electron chi connectivity index (χ3n) is 4.03. The van der Waals surface area contributed by atoms with Gasteiger partial charge >= 0.3 is 5.69 Å². The summed E-state index contributed by atoms with van der Waals surface area (Å²) in [6, 6.07) is 0. The quantitative estimate of drug-likeness (QED) is 0.764. The van der Waals surface area contributed by atoms with Gasteiger partial charge in [-0.25, -0.2) is 9.78 Å². The minimum atomic E-state index is -0.580. The third-order valence-corrected chi connectivity index (χ3v) is 4.88. The number of carbonyl (C=O) groups excluding carboxylic acids is 1. The molecule has 25 heavy (non-hydrogen) atoms. The van der Waals surface area contributed by atoms with Gasteiger partial charge in [0.25, 0.3) is 5.56 Å². The molecule has 1 aliphatic rings. The van der Waals surface area contributed by atoms with E-state index in [0.29, 0.717) is 43.5 Å². The maximum absolute atomic E-state index is 12.3. The molecule has 3 rings (SSSR count). The van der Waals surface area contributed by atoms with E-state index in [1.807, 2.05) is 0 Å². The first-order valence-electron chi connectivity index (χ1n) is 7.94. The predicted octanol–water partition coefficient (Wildman–Crippen LogP) is -0.336. The van der Waals surface area contributed by atoms with Crippen LogP contribution < -0.4 is 17.0 Å². The predicted molar refractivity (Wildman–Crippen MR) is 93.6 cm³/mol. The molecule has 2 aromatic rings. The van der Waals surface area contributed by atoms with Crippen molar-refractivity contribution in [2.45, 2.75) is 19.9 Å². The fraction of sp³-hybridized carbons (Fsp3) is 0.467. The van der Waals surface area contributed by atoms with Crippen LogP contribution in [-0.2, 0) is 22.5 Å². The minimum absolute atomic E-state index is 0.0235. The van der Waals surface area contributed by atoms with Gasteiger partial charge in [0, 0.05) is 25.0 Å². The lowest BCUT2D eigenvalue weighted by atomic mass is 10.2. The van der Waals surface area contributed by atoms with Crippen molar-refractivity contribution in [3.8, 4) is 11.3 Å². The molecule has 1 aliphatic heterocycles. The van der Waals surface area contributed by atoms with E-state index in [2.05, 4.69) is 9.97 Å². The summed E-state index contributed by atoms with van der Waals surface area (Å²) in [6.07, 6.45) is 0.163. The second kappa shape index (κ2) is 7.19. The molecule has 1 fully saturated rings. The number of hydrogen-bond acceptors (Lipinski definition) is 7. The summed E-state index contributed by atoms with van der Waals surface area (Å²) >= 11 is 1.29. The third kappa shape index (κ3) is 3.49. The summed E-state index contributed by atoms with van der Waals surface area (Å²) in [4.78, 5) is 44.5. The number of morpholine rings is 1. The molecule has 0 bridgehead atoms. The monoisotopic (exact) mass is 365 g/mol. The van der Waals surface area contributed by atoms with Gasteiger partial charge in [0.05, 0.1) is 25.3 Å². The van der Waals surface area contributed by atoms with Crippen LogP contribution in [0, 0.1) is 0 Å². The van der Waals surface area contributed by atoms with E-state index in [-0.39, 0.29) is 23.7 Å². The molecular formula is C15H19N5O4S. The highest BCUT2D eigenvalue weighted by atomic mass is 32.1. The number of nitrogen functional groups attached to an aromatic ring is 1. The zero-order valence-corrected chi connectivity index (χ0v) is 14.6. The van der Waals surface area contributed by atoms with E-state index < -0.39 is 11.2 Å². The number of hydrogen-bond donors (Lipinski definition) is 2. The molecule has 1 saturated heterocycles. The number of thiazole rings is 1. The molecule has 0 radical (unpaired) electrons. The van der Waals surface area contributed by atoms with E-state index >= 15 is 0 Å². The maximum Gasteiger partial charge on any atom is 0.329 e. The van der Waals surface area contributed by atoms with Crippen LogP contribution in [0.5, 0.6) is 0 Å². The van der Waals surface area contributed by atoms with Crippen molar-refractivity contribution in [1.82, 2.24) is 19.4 Å². The average molecular weight is 365 g/mol. The standard InChI is InChI=1S/C15H19N5O4S/c1-2-20-13(16)12(14(22)18-15(20)23)9-8-25-10(17-9)7-11(21)19-3-5-24-6-4-19/h8H,2-7,16H2,1H3,(H,18,22,23). The number of ether oxygens (including phenoxy) is 1. The highest BCUT2D eigenvalue weighted by Crippen LogP contribution is 2.23. The average Bonchev–Trinajstić information content (AvgIpc) is 3.03. The van der Waals surface area contributed by atoms with Gasteiger partial charge in [-0.2, -0.15) is 0 Å². The largest absolute Gasteiger partial charge is 0.384 e. The van der Waals surface area contributed by atoms with Crippen molar-refractivity contribution in [2.24, 2.45) is 0 Å². The molecule has 1 amide bonds. The lowest BCUT2D eigenvalue weighted by molar-refractivity contribution is -0.134. The second-order valence-electron chi connectivity index (χ2n) is 5.56. The molecule has 3 heterocycles. The van der Waals surface area contributed by atoms with Crippen LogP contribution >= 0.6 is 11.3 Å². The normalized spacial score (nSPS) is 14.7. The maximum atomic E-state index is 12.3. The molecule has 0 spiro atoms. The Labute approximate surface area is 147 Å². The summed E-state index contributed by atoms with van der Waals surface area (Å²) in [5.74, 6) is 0.0530. The van der Waals surface area contributed by atoms with E-state index in [9.17, 15) is 14.4 Å². The van der Waals surface area contributed by atoms with Crippen molar-refractivity contribution < 1.29 is 9.53 Å². The van der Waals surface area contributed by atoms with Gasteiger partial charge in [-0.15, -0.1) is 11.3 Å². The number of aromatic nitrogens is 3. The summed E-state index contributed by atoms with van der Waals surface area (Å²) in [6.45, 7) is 4.32. The van der Waals surface area contributed by atoms with Gasteiger partial charge in [0.2, 0.25) is 5.91 Å². The highest BCUT2D eigenvalue weighted by molar-refractivity contribution is 7.10. The Balaban J connectivity index is 1.86. The number of carbonyl (C=O) groups is 1. The highest BCUT2D eigenvalue weighted by Gasteiger charge is 2.20. The van der Waals surface area contributed by atoms with Crippen LogP contribution in [0.1, 0.15) is 11.9 Å². The fourth-order valence-corrected chi connectivity index (χ4v) is 3.49. The van der Waals surface area contributed by atoms with Crippen LogP contribution in [0.3, 0.4) is 0 Å². The number of H-pyrrole nitrogens is 1. The van der Waals surface area contributed by atoms with Crippen molar-refractivity contribution in [2.75, 3.05) is 32.0 Å². The summed E-state index contributed by atoms with van der Waals surface area (Å²) < 4.78 is 6.51.